The SMILES string of the molecule is Cc1cccc(C)c1COC1COC(C)C1. The van der Waals surface area contributed by atoms with Gasteiger partial charge in [-0.25, -0.2) is 0 Å². The van der Waals surface area contributed by atoms with E-state index in [4.69, 9.17) is 9.47 Å². The van der Waals surface area contributed by atoms with Crippen molar-refractivity contribution >= 4 is 0 Å². The lowest BCUT2D eigenvalue weighted by atomic mass is 10.0. The van der Waals surface area contributed by atoms with Crippen LogP contribution in [0.4, 0.5) is 0 Å². The fraction of sp³-hybridized carbons (Fsp3) is 0.571. The lowest BCUT2D eigenvalue weighted by Crippen LogP contribution is -2.13. The fourth-order valence-corrected chi connectivity index (χ4v) is 2.17. The van der Waals surface area contributed by atoms with Gasteiger partial charge in [-0.15, -0.1) is 0 Å². The molecule has 2 unspecified atom stereocenters. The van der Waals surface area contributed by atoms with Crippen molar-refractivity contribution in [2.45, 2.75) is 46.0 Å². The van der Waals surface area contributed by atoms with Crippen molar-refractivity contribution in [3.05, 3.63) is 34.9 Å². The summed E-state index contributed by atoms with van der Waals surface area (Å²) in [5.74, 6) is 0. The van der Waals surface area contributed by atoms with Crippen molar-refractivity contribution in [2.75, 3.05) is 6.61 Å². The van der Waals surface area contributed by atoms with E-state index in [2.05, 4.69) is 39.0 Å². The molecule has 2 nitrogen and oxygen atoms in total. The quantitative estimate of drug-likeness (QED) is 0.779. The predicted molar refractivity (Wildman–Crippen MR) is 64.5 cm³/mol. The molecule has 2 heteroatoms. The zero-order valence-electron chi connectivity index (χ0n) is 10.3. The molecule has 0 spiro atoms. The Kier molecular flexibility index (Phi) is 3.62. The van der Waals surface area contributed by atoms with Crippen LogP contribution < -0.4 is 0 Å². The smallest absolute Gasteiger partial charge is 0.0837 e. The molecule has 0 amide bonds. The zero-order valence-corrected chi connectivity index (χ0v) is 10.3. The van der Waals surface area contributed by atoms with E-state index in [0.29, 0.717) is 12.7 Å². The Hall–Kier alpha value is -0.860. The minimum absolute atomic E-state index is 0.272. The van der Waals surface area contributed by atoms with E-state index < -0.39 is 0 Å². The standard InChI is InChI=1S/C14H20O2/c1-10-5-4-6-11(2)14(10)9-16-13-7-12(3)15-8-13/h4-6,12-13H,7-9H2,1-3H3. The Balaban J connectivity index is 1.94. The first kappa shape index (κ1) is 11.6. The van der Waals surface area contributed by atoms with E-state index in [1.807, 2.05) is 0 Å². The topological polar surface area (TPSA) is 18.5 Å². The molecule has 2 rings (SSSR count). The molecule has 0 aromatic heterocycles. The average Bonchev–Trinajstić information content (AvgIpc) is 2.63. The molecule has 0 radical (unpaired) electrons. The van der Waals surface area contributed by atoms with Gasteiger partial charge in [0.05, 0.1) is 25.4 Å². The second kappa shape index (κ2) is 4.98. The van der Waals surface area contributed by atoms with Gasteiger partial charge >= 0.3 is 0 Å². The highest BCUT2D eigenvalue weighted by Crippen LogP contribution is 2.20. The summed E-state index contributed by atoms with van der Waals surface area (Å²) in [6.07, 6.45) is 1.64. The Morgan fingerprint density at radius 2 is 2.00 bits per heavy atom. The first-order chi connectivity index (χ1) is 7.66. The van der Waals surface area contributed by atoms with Crippen LogP contribution in [0.2, 0.25) is 0 Å². The monoisotopic (exact) mass is 220 g/mol. The summed E-state index contributed by atoms with van der Waals surface area (Å²) in [7, 11) is 0. The van der Waals surface area contributed by atoms with Gasteiger partial charge in [0.2, 0.25) is 0 Å². The van der Waals surface area contributed by atoms with E-state index in [0.717, 1.165) is 13.0 Å². The van der Waals surface area contributed by atoms with Crippen molar-refractivity contribution in [2.24, 2.45) is 0 Å². The zero-order chi connectivity index (χ0) is 11.5. The van der Waals surface area contributed by atoms with Crippen LogP contribution in [0.25, 0.3) is 0 Å². The minimum atomic E-state index is 0.272. The second-order valence-corrected chi connectivity index (χ2v) is 4.68. The molecular weight excluding hydrogens is 200 g/mol. The summed E-state index contributed by atoms with van der Waals surface area (Å²) in [5, 5.41) is 0. The largest absolute Gasteiger partial charge is 0.376 e. The molecule has 1 saturated heterocycles. The molecule has 1 heterocycles. The van der Waals surface area contributed by atoms with Crippen molar-refractivity contribution < 1.29 is 9.47 Å². The van der Waals surface area contributed by atoms with Gasteiger partial charge in [-0.05, 0) is 37.5 Å². The van der Waals surface area contributed by atoms with Gasteiger partial charge in [0.15, 0.2) is 0 Å². The molecule has 88 valence electrons. The number of benzene rings is 1. The van der Waals surface area contributed by atoms with Crippen LogP contribution in [0.15, 0.2) is 18.2 Å². The third kappa shape index (κ3) is 2.63. The summed E-state index contributed by atoms with van der Waals surface area (Å²) in [4.78, 5) is 0. The molecule has 1 aromatic carbocycles. The predicted octanol–water partition coefficient (Wildman–Crippen LogP) is 3.00. The van der Waals surface area contributed by atoms with Crippen LogP contribution in [0.3, 0.4) is 0 Å². The third-order valence-corrected chi connectivity index (χ3v) is 3.27. The van der Waals surface area contributed by atoms with Gasteiger partial charge in [-0.2, -0.15) is 0 Å². The Labute approximate surface area is 97.6 Å². The average molecular weight is 220 g/mol. The third-order valence-electron chi connectivity index (χ3n) is 3.27. The number of aryl methyl sites for hydroxylation is 2. The van der Waals surface area contributed by atoms with Crippen LogP contribution in [0, 0.1) is 13.8 Å². The van der Waals surface area contributed by atoms with Crippen LogP contribution in [-0.4, -0.2) is 18.8 Å². The van der Waals surface area contributed by atoms with Crippen molar-refractivity contribution in [1.29, 1.82) is 0 Å². The van der Waals surface area contributed by atoms with Crippen LogP contribution in [-0.2, 0) is 16.1 Å². The van der Waals surface area contributed by atoms with Crippen molar-refractivity contribution in [1.82, 2.24) is 0 Å². The lowest BCUT2D eigenvalue weighted by Gasteiger charge is -2.13. The number of ether oxygens (including phenoxy) is 2. The highest BCUT2D eigenvalue weighted by Gasteiger charge is 2.22. The summed E-state index contributed by atoms with van der Waals surface area (Å²) in [6.45, 7) is 7.83. The summed E-state index contributed by atoms with van der Waals surface area (Å²) in [6, 6.07) is 6.37. The number of hydrogen-bond donors (Lipinski definition) is 0. The van der Waals surface area contributed by atoms with Crippen molar-refractivity contribution in [3.63, 3.8) is 0 Å². The molecule has 1 aliphatic heterocycles. The van der Waals surface area contributed by atoms with E-state index in [1.54, 1.807) is 0 Å². The molecule has 1 aromatic rings. The van der Waals surface area contributed by atoms with Crippen LogP contribution >= 0.6 is 0 Å². The maximum absolute atomic E-state index is 5.90. The molecule has 0 N–H and O–H groups in total. The van der Waals surface area contributed by atoms with Gasteiger partial charge in [0.25, 0.3) is 0 Å². The number of rotatable bonds is 3. The van der Waals surface area contributed by atoms with E-state index in [9.17, 15) is 0 Å². The van der Waals surface area contributed by atoms with Crippen LogP contribution in [0.5, 0.6) is 0 Å². The minimum Gasteiger partial charge on any atom is -0.376 e. The maximum atomic E-state index is 5.90. The normalized spacial score (nSPS) is 24.9. The maximum Gasteiger partial charge on any atom is 0.0837 e. The second-order valence-electron chi connectivity index (χ2n) is 4.68. The highest BCUT2D eigenvalue weighted by molar-refractivity contribution is 5.32. The first-order valence-corrected chi connectivity index (χ1v) is 5.95. The molecule has 0 aliphatic carbocycles. The van der Waals surface area contributed by atoms with Gasteiger partial charge in [0, 0.05) is 6.42 Å². The van der Waals surface area contributed by atoms with Crippen molar-refractivity contribution in [3.8, 4) is 0 Å². The Morgan fingerprint density at radius 1 is 1.31 bits per heavy atom. The Bertz CT molecular complexity index is 340. The molecule has 0 bridgehead atoms. The highest BCUT2D eigenvalue weighted by atomic mass is 16.5. The van der Waals surface area contributed by atoms with E-state index in [-0.39, 0.29) is 6.10 Å². The van der Waals surface area contributed by atoms with Gasteiger partial charge < -0.3 is 9.47 Å². The first-order valence-electron chi connectivity index (χ1n) is 5.95. The van der Waals surface area contributed by atoms with Gasteiger partial charge in [-0.3, -0.25) is 0 Å². The molecule has 0 saturated carbocycles. The summed E-state index contributed by atoms with van der Waals surface area (Å²) >= 11 is 0. The fourth-order valence-electron chi connectivity index (χ4n) is 2.17. The van der Waals surface area contributed by atoms with Gasteiger partial charge in [-0.1, -0.05) is 18.2 Å². The molecule has 2 atom stereocenters. The molecule has 1 fully saturated rings. The summed E-state index contributed by atoms with van der Waals surface area (Å²) in [5.41, 5.74) is 3.95. The number of hydrogen-bond acceptors (Lipinski definition) is 2. The van der Waals surface area contributed by atoms with Crippen LogP contribution in [0.1, 0.15) is 30.0 Å². The Morgan fingerprint density at radius 3 is 2.56 bits per heavy atom. The van der Waals surface area contributed by atoms with E-state index >= 15 is 0 Å². The summed E-state index contributed by atoms with van der Waals surface area (Å²) < 4.78 is 11.4. The molecule has 16 heavy (non-hydrogen) atoms. The van der Waals surface area contributed by atoms with Gasteiger partial charge in [0.1, 0.15) is 0 Å². The van der Waals surface area contributed by atoms with E-state index in [1.165, 1.54) is 16.7 Å². The molecular formula is C14H20O2. The molecule has 1 aliphatic rings. The lowest BCUT2D eigenvalue weighted by molar-refractivity contribution is 0.0282.